The van der Waals surface area contributed by atoms with Crippen LogP contribution in [0.1, 0.15) is 31.4 Å². The maximum absolute atomic E-state index is 3.73. The first-order valence-electron chi connectivity index (χ1n) is 5.11. The smallest absolute Gasteiger partial charge is 0.0259 e. The Bertz CT molecular complexity index is 301. The molecule has 0 spiro atoms. The molecular weight excluding hydrogens is 168 g/mol. The number of hydrogen-bond acceptors (Lipinski definition) is 0. The van der Waals surface area contributed by atoms with Gasteiger partial charge < -0.3 is 0 Å². The lowest BCUT2D eigenvalue weighted by molar-refractivity contribution is 0.665. The minimum Gasteiger partial charge on any atom is -0.0985 e. The van der Waals surface area contributed by atoms with Crippen LogP contribution in [0.5, 0.6) is 0 Å². The summed E-state index contributed by atoms with van der Waals surface area (Å²) in [5.74, 6) is 0.735. The van der Waals surface area contributed by atoms with Crippen molar-refractivity contribution in [2.75, 3.05) is 0 Å². The van der Waals surface area contributed by atoms with Crippen LogP contribution in [0.4, 0.5) is 0 Å². The summed E-state index contributed by atoms with van der Waals surface area (Å²) in [4.78, 5) is 0. The van der Waals surface area contributed by atoms with Crippen LogP contribution < -0.4 is 0 Å². The van der Waals surface area contributed by atoms with E-state index in [1.54, 1.807) is 0 Å². The highest BCUT2D eigenvalue weighted by molar-refractivity contribution is 5.54. The van der Waals surface area contributed by atoms with Crippen LogP contribution in [0.25, 0.3) is 12.2 Å². The number of benzene rings is 1. The van der Waals surface area contributed by atoms with Crippen LogP contribution in [0.15, 0.2) is 36.9 Å². The third-order valence-corrected chi connectivity index (χ3v) is 2.09. The molecule has 14 heavy (non-hydrogen) atoms. The van der Waals surface area contributed by atoms with Crippen molar-refractivity contribution in [2.45, 2.75) is 20.3 Å². The summed E-state index contributed by atoms with van der Waals surface area (Å²) < 4.78 is 0. The van der Waals surface area contributed by atoms with Gasteiger partial charge in [-0.3, -0.25) is 0 Å². The van der Waals surface area contributed by atoms with Gasteiger partial charge in [0.2, 0.25) is 0 Å². The molecular formula is C14H18. The lowest BCUT2D eigenvalue weighted by Crippen LogP contribution is -1.81. The second-order valence-electron chi connectivity index (χ2n) is 3.90. The maximum atomic E-state index is 3.73. The van der Waals surface area contributed by atoms with Gasteiger partial charge in [0.15, 0.2) is 0 Å². The first-order valence-corrected chi connectivity index (χ1v) is 5.11. The van der Waals surface area contributed by atoms with Gasteiger partial charge in [-0.25, -0.2) is 0 Å². The van der Waals surface area contributed by atoms with E-state index >= 15 is 0 Å². The zero-order valence-electron chi connectivity index (χ0n) is 9.03. The number of allylic oxidation sites excluding steroid dienone is 1. The van der Waals surface area contributed by atoms with Gasteiger partial charge in [-0.2, -0.15) is 0 Å². The van der Waals surface area contributed by atoms with Crippen LogP contribution >= 0.6 is 0 Å². The SMILES string of the molecule is C=Cc1ccc(C=CCC(C)C)cc1. The fourth-order valence-electron chi connectivity index (χ4n) is 1.22. The highest BCUT2D eigenvalue weighted by atomic mass is 13.9. The molecule has 0 bridgehead atoms. The maximum Gasteiger partial charge on any atom is -0.0259 e. The molecule has 74 valence electrons. The lowest BCUT2D eigenvalue weighted by Gasteiger charge is -1.98. The van der Waals surface area contributed by atoms with Gasteiger partial charge in [-0.15, -0.1) is 0 Å². The summed E-state index contributed by atoms with van der Waals surface area (Å²) in [7, 11) is 0. The van der Waals surface area contributed by atoms with Gasteiger partial charge in [0.05, 0.1) is 0 Å². The Morgan fingerprint density at radius 3 is 2.21 bits per heavy atom. The second kappa shape index (κ2) is 5.43. The van der Waals surface area contributed by atoms with Crippen molar-refractivity contribution >= 4 is 12.2 Å². The molecule has 1 rings (SSSR count). The monoisotopic (exact) mass is 186 g/mol. The average Bonchev–Trinajstić information content (AvgIpc) is 2.18. The quantitative estimate of drug-likeness (QED) is 0.654. The van der Waals surface area contributed by atoms with Crippen molar-refractivity contribution in [3.05, 3.63) is 48.0 Å². The molecule has 0 saturated carbocycles. The van der Waals surface area contributed by atoms with E-state index in [-0.39, 0.29) is 0 Å². The van der Waals surface area contributed by atoms with Crippen LogP contribution in [0.3, 0.4) is 0 Å². The molecule has 0 heterocycles. The predicted molar refractivity (Wildman–Crippen MR) is 65.0 cm³/mol. The van der Waals surface area contributed by atoms with Crippen molar-refractivity contribution in [1.29, 1.82) is 0 Å². The number of hydrogen-bond donors (Lipinski definition) is 0. The van der Waals surface area contributed by atoms with E-state index in [2.05, 4.69) is 56.8 Å². The minimum absolute atomic E-state index is 0.735. The zero-order chi connectivity index (χ0) is 10.4. The average molecular weight is 186 g/mol. The Morgan fingerprint density at radius 2 is 1.71 bits per heavy atom. The normalized spacial score (nSPS) is 11.1. The molecule has 0 unspecified atom stereocenters. The predicted octanol–water partition coefficient (Wildman–Crippen LogP) is 4.39. The van der Waals surface area contributed by atoms with Crippen LogP contribution in [-0.2, 0) is 0 Å². The third kappa shape index (κ3) is 3.61. The Balaban J connectivity index is 2.59. The molecule has 0 N–H and O–H groups in total. The molecule has 0 fully saturated rings. The highest BCUT2D eigenvalue weighted by Gasteiger charge is 1.89. The van der Waals surface area contributed by atoms with E-state index in [9.17, 15) is 0 Å². The van der Waals surface area contributed by atoms with Crippen molar-refractivity contribution < 1.29 is 0 Å². The summed E-state index contributed by atoms with van der Waals surface area (Å²) in [5.41, 5.74) is 2.43. The summed E-state index contributed by atoms with van der Waals surface area (Å²) in [6.07, 6.45) is 7.41. The highest BCUT2D eigenvalue weighted by Crippen LogP contribution is 2.09. The van der Waals surface area contributed by atoms with Gasteiger partial charge in [-0.1, -0.05) is 62.9 Å². The van der Waals surface area contributed by atoms with E-state index in [1.807, 2.05) is 6.08 Å². The molecule has 0 nitrogen and oxygen atoms in total. The second-order valence-corrected chi connectivity index (χ2v) is 3.90. The van der Waals surface area contributed by atoms with E-state index in [0.717, 1.165) is 12.3 Å². The van der Waals surface area contributed by atoms with Crippen LogP contribution in [-0.4, -0.2) is 0 Å². The van der Waals surface area contributed by atoms with E-state index in [4.69, 9.17) is 0 Å². The Kier molecular flexibility index (Phi) is 4.18. The van der Waals surface area contributed by atoms with Gasteiger partial charge in [0, 0.05) is 0 Å². The van der Waals surface area contributed by atoms with Crippen molar-refractivity contribution in [1.82, 2.24) is 0 Å². The molecule has 0 aliphatic heterocycles. The molecule has 0 aliphatic rings. The van der Waals surface area contributed by atoms with E-state index in [1.165, 1.54) is 11.1 Å². The van der Waals surface area contributed by atoms with Crippen molar-refractivity contribution in [3.8, 4) is 0 Å². The van der Waals surface area contributed by atoms with Crippen LogP contribution in [0.2, 0.25) is 0 Å². The van der Waals surface area contributed by atoms with Gasteiger partial charge in [0.1, 0.15) is 0 Å². The van der Waals surface area contributed by atoms with Gasteiger partial charge in [-0.05, 0) is 23.5 Å². The Hall–Kier alpha value is -1.30. The van der Waals surface area contributed by atoms with Crippen LogP contribution in [0, 0.1) is 5.92 Å². The summed E-state index contributed by atoms with van der Waals surface area (Å²) in [6.45, 7) is 8.18. The summed E-state index contributed by atoms with van der Waals surface area (Å²) >= 11 is 0. The standard InChI is InChI=1S/C14H18/c1-4-13-8-10-14(11-9-13)7-5-6-12(2)3/h4-5,7-12H,1,6H2,2-3H3. The molecule has 0 aromatic heterocycles. The first-order chi connectivity index (χ1) is 6.72. The summed E-state index contributed by atoms with van der Waals surface area (Å²) in [6, 6.07) is 8.41. The molecule has 0 radical (unpaired) electrons. The minimum atomic E-state index is 0.735. The Morgan fingerprint density at radius 1 is 1.14 bits per heavy atom. The third-order valence-electron chi connectivity index (χ3n) is 2.09. The number of rotatable bonds is 4. The molecule has 0 aliphatic carbocycles. The van der Waals surface area contributed by atoms with Crippen molar-refractivity contribution in [3.63, 3.8) is 0 Å². The molecule has 1 aromatic rings. The molecule has 1 aromatic carbocycles. The van der Waals surface area contributed by atoms with E-state index < -0.39 is 0 Å². The topological polar surface area (TPSA) is 0 Å². The molecule has 0 atom stereocenters. The van der Waals surface area contributed by atoms with E-state index in [0.29, 0.717) is 0 Å². The lowest BCUT2D eigenvalue weighted by atomic mass is 10.1. The fourth-order valence-corrected chi connectivity index (χ4v) is 1.22. The first kappa shape index (κ1) is 10.8. The summed E-state index contributed by atoms with van der Waals surface area (Å²) in [5, 5.41) is 0. The Labute approximate surface area is 87.0 Å². The van der Waals surface area contributed by atoms with Crippen molar-refractivity contribution in [2.24, 2.45) is 5.92 Å². The molecule has 0 heteroatoms. The zero-order valence-corrected chi connectivity index (χ0v) is 9.03. The molecule has 0 saturated heterocycles. The van der Waals surface area contributed by atoms with Gasteiger partial charge in [0.25, 0.3) is 0 Å². The fraction of sp³-hybridized carbons (Fsp3) is 0.286. The van der Waals surface area contributed by atoms with Gasteiger partial charge >= 0.3 is 0 Å². The molecule has 0 amide bonds. The largest absolute Gasteiger partial charge is 0.0985 e.